The van der Waals surface area contributed by atoms with E-state index < -0.39 is 18.4 Å². The highest BCUT2D eigenvalue weighted by atomic mass is 79.9. The van der Waals surface area contributed by atoms with E-state index in [9.17, 15) is 18.7 Å². The van der Waals surface area contributed by atoms with Gasteiger partial charge in [-0.15, -0.1) is 0 Å². The summed E-state index contributed by atoms with van der Waals surface area (Å²) >= 11 is 3.00. The molecule has 1 heterocycles. The van der Waals surface area contributed by atoms with Crippen molar-refractivity contribution >= 4 is 27.7 Å². The molecule has 0 aliphatic carbocycles. The molecule has 1 atom stereocenters. The van der Waals surface area contributed by atoms with E-state index in [1.807, 2.05) is 0 Å². The Labute approximate surface area is 111 Å². The smallest absolute Gasteiger partial charge is 0.265 e. The van der Waals surface area contributed by atoms with E-state index in [1.165, 1.54) is 19.3 Å². The van der Waals surface area contributed by atoms with Gasteiger partial charge in [0.05, 0.1) is 11.0 Å². The van der Waals surface area contributed by atoms with Gasteiger partial charge in [-0.1, -0.05) is 0 Å². The minimum atomic E-state index is -2.63. The fraction of sp³-hybridized carbons (Fsp3) is 0.400. The zero-order valence-corrected chi connectivity index (χ0v) is 11.0. The van der Waals surface area contributed by atoms with E-state index in [4.69, 9.17) is 0 Å². The van der Waals surface area contributed by atoms with Crippen molar-refractivity contribution in [3.05, 3.63) is 22.3 Å². The number of aliphatic hydroxyl groups is 1. The molecule has 5 nitrogen and oxygen atoms in total. The number of hydrogen-bond donors (Lipinski definition) is 3. The number of hydrogen-bond acceptors (Lipinski definition) is 4. The number of carbonyl (C=O) groups excluding carboxylic acids is 1. The standard InChI is InChI=1S/C10H12BrF2N3O2/c1-14-10(18)6(17)4-16-9-7(11)5(8(12)13)2-3-15-9/h2-3,6,8,17H,4H2,1H3,(H,14,18)(H,15,16). The fourth-order valence-electron chi connectivity index (χ4n) is 1.20. The van der Waals surface area contributed by atoms with Crippen LogP contribution < -0.4 is 10.6 Å². The van der Waals surface area contributed by atoms with Gasteiger partial charge in [0.15, 0.2) is 0 Å². The molecule has 0 radical (unpaired) electrons. The van der Waals surface area contributed by atoms with Gasteiger partial charge in [0, 0.05) is 18.8 Å². The highest BCUT2D eigenvalue weighted by Crippen LogP contribution is 2.31. The highest BCUT2D eigenvalue weighted by molar-refractivity contribution is 9.10. The summed E-state index contributed by atoms with van der Waals surface area (Å²) in [6.45, 7) is -0.127. The van der Waals surface area contributed by atoms with Gasteiger partial charge < -0.3 is 15.7 Å². The molecule has 1 unspecified atom stereocenters. The minimum absolute atomic E-state index is 0.115. The number of alkyl halides is 2. The third kappa shape index (κ3) is 3.61. The number of nitrogens with zero attached hydrogens (tertiary/aromatic N) is 1. The number of halogens is 3. The Balaban J connectivity index is 2.74. The zero-order valence-electron chi connectivity index (χ0n) is 9.45. The maximum atomic E-state index is 12.6. The summed E-state index contributed by atoms with van der Waals surface area (Å²) in [6.07, 6.45) is -2.69. The molecule has 1 amide bonds. The Bertz CT molecular complexity index is 432. The molecule has 0 aromatic carbocycles. The molecule has 100 valence electrons. The van der Waals surface area contributed by atoms with Crippen LogP contribution in [-0.2, 0) is 4.79 Å². The highest BCUT2D eigenvalue weighted by Gasteiger charge is 2.17. The molecule has 0 aliphatic rings. The second-order valence-corrected chi connectivity index (χ2v) is 4.17. The number of rotatable bonds is 5. The van der Waals surface area contributed by atoms with Crippen LogP contribution in [0.25, 0.3) is 0 Å². The molecule has 0 saturated heterocycles. The first-order valence-electron chi connectivity index (χ1n) is 5.03. The average molecular weight is 324 g/mol. The second kappa shape index (κ2) is 6.60. The lowest BCUT2D eigenvalue weighted by molar-refractivity contribution is -0.128. The van der Waals surface area contributed by atoms with Crippen LogP contribution in [0.3, 0.4) is 0 Å². The minimum Gasteiger partial charge on any atom is -0.381 e. The third-order valence-electron chi connectivity index (χ3n) is 2.17. The van der Waals surface area contributed by atoms with Crippen molar-refractivity contribution in [2.45, 2.75) is 12.5 Å². The first-order chi connectivity index (χ1) is 8.47. The Morgan fingerprint density at radius 2 is 2.28 bits per heavy atom. The zero-order chi connectivity index (χ0) is 13.7. The Morgan fingerprint density at radius 3 is 2.83 bits per heavy atom. The van der Waals surface area contributed by atoms with E-state index in [0.717, 1.165) is 0 Å². The number of anilines is 1. The number of amides is 1. The summed E-state index contributed by atoms with van der Waals surface area (Å²) in [5.41, 5.74) is -0.207. The van der Waals surface area contributed by atoms with Gasteiger partial charge in [0.25, 0.3) is 6.43 Å². The van der Waals surface area contributed by atoms with Gasteiger partial charge in [-0.25, -0.2) is 13.8 Å². The molecule has 0 saturated carbocycles. The Hall–Kier alpha value is -1.28. The predicted molar refractivity (Wildman–Crippen MR) is 65.5 cm³/mol. The number of likely N-dealkylation sites (N-methyl/N-ethyl adjacent to an activating group) is 1. The van der Waals surface area contributed by atoms with E-state index in [0.29, 0.717) is 0 Å². The summed E-state index contributed by atoms with van der Waals surface area (Å²) in [6, 6.07) is 1.19. The van der Waals surface area contributed by atoms with Crippen LogP contribution in [0.2, 0.25) is 0 Å². The van der Waals surface area contributed by atoms with Crippen LogP contribution in [0, 0.1) is 0 Å². The maximum Gasteiger partial charge on any atom is 0.265 e. The van der Waals surface area contributed by atoms with Gasteiger partial charge in [0.2, 0.25) is 5.91 Å². The molecule has 0 spiro atoms. The van der Waals surface area contributed by atoms with Crippen molar-refractivity contribution in [3.8, 4) is 0 Å². The predicted octanol–water partition coefficient (Wildman–Crippen LogP) is 1.30. The molecule has 0 aliphatic heterocycles. The molecule has 1 aromatic rings. The van der Waals surface area contributed by atoms with Crippen LogP contribution in [0.15, 0.2) is 16.7 Å². The van der Waals surface area contributed by atoms with Crippen LogP contribution in [-0.4, -0.2) is 35.7 Å². The molecule has 1 aromatic heterocycles. The van der Waals surface area contributed by atoms with Crippen LogP contribution in [0.1, 0.15) is 12.0 Å². The SMILES string of the molecule is CNC(=O)C(O)CNc1nccc(C(F)F)c1Br. The second-order valence-electron chi connectivity index (χ2n) is 3.37. The lowest BCUT2D eigenvalue weighted by Crippen LogP contribution is -2.36. The molecular weight excluding hydrogens is 312 g/mol. The summed E-state index contributed by atoms with van der Waals surface area (Å²) in [5, 5.41) is 14.3. The molecular formula is C10H12BrF2N3O2. The van der Waals surface area contributed by atoms with Crippen LogP contribution in [0.5, 0.6) is 0 Å². The first-order valence-corrected chi connectivity index (χ1v) is 5.82. The molecule has 3 N–H and O–H groups in total. The summed E-state index contributed by atoms with van der Waals surface area (Å²) < 4.78 is 25.3. The van der Waals surface area contributed by atoms with Crippen LogP contribution >= 0.6 is 15.9 Å². The van der Waals surface area contributed by atoms with Crippen molar-refractivity contribution < 1.29 is 18.7 Å². The van der Waals surface area contributed by atoms with E-state index in [-0.39, 0.29) is 22.4 Å². The normalized spacial score (nSPS) is 12.3. The van der Waals surface area contributed by atoms with Crippen LogP contribution in [0.4, 0.5) is 14.6 Å². The number of aromatic nitrogens is 1. The first kappa shape index (κ1) is 14.8. The summed E-state index contributed by atoms with van der Waals surface area (Å²) in [7, 11) is 1.39. The van der Waals surface area contributed by atoms with Gasteiger partial charge in [-0.3, -0.25) is 4.79 Å². The number of carbonyl (C=O) groups is 1. The number of aliphatic hydroxyl groups excluding tert-OH is 1. The molecule has 0 fully saturated rings. The van der Waals surface area contributed by atoms with Gasteiger partial charge in [-0.2, -0.15) is 0 Å². The van der Waals surface area contributed by atoms with E-state index >= 15 is 0 Å². The van der Waals surface area contributed by atoms with Gasteiger partial charge >= 0.3 is 0 Å². The van der Waals surface area contributed by atoms with E-state index in [1.54, 1.807) is 0 Å². The molecule has 1 rings (SSSR count). The lowest BCUT2D eigenvalue weighted by atomic mass is 10.2. The Morgan fingerprint density at radius 1 is 1.61 bits per heavy atom. The Kier molecular flexibility index (Phi) is 5.42. The molecule has 0 bridgehead atoms. The van der Waals surface area contributed by atoms with Crippen molar-refractivity contribution in [2.24, 2.45) is 0 Å². The fourth-order valence-corrected chi connectivity index (χ4v) is 1.75. The maximum absolute atomic E-state index is 12.6. The third-order valence-corrected chi connectivity index (χ3v) is 3.00. The average Bonchev–Trinajstić information content (AvgIpc) is 2.35. The summed E-state index contributed by atoms with van der Waals surface area (Å²) in [5.74, 6) is -0.417. The number of pyridine rings is 1. The monoisotopic (exact) mass is 323 g/mol. The van der Waals surface area contributed by atoms with Gasteiger partial charge in [0.1, 0.15) is 11.9 Å². The van der Waals surface area contributed by atoms with Crippen molar-refractivity contribution in [3.63, 3.8) is 0 Å². The quantitative estimate of drug-likeness (QED) is 0.763. The van der Waals surface area contributed by atoms with E-state index in [2.05, 4.69) is 31.5 Å². The molecule has 18 heavy (non-hydrogen) atoms. The topological polar surface area (TPSA) is 74.2 Å². The van der Waals surface area contributed by atoms with Crippen molar-refractivity contribution in [1.29, 1.82) is 0 Å². The summed E-state index contributed by atoms with van der Waals surface area (Å²) in [4.78, 5) is 14.9. The molecule has 8 heteroatoms. The largest absolute Gasteiger partial charge is 0.381 e. The van der Waals surface area contributed by atoms with Crippen molar-refractivity contribution in [2.75, 3.05) is 18.9 Å². The van der Waals surface area contributed by atoms with Crippen molar-refractivity contribution in [1.82, 2.24) is 10.3 Å². The van der Waals surface area contributed by atoms with Gasteiger partial charge in [-0.05, 0) is 22.0 Å². The lowest BCUT2D eigenvalue weighted by Gasteiger charge is -2.13. The number of nitrogens with one attached hydrogen (secondary N) is 2.